The van der Waals surface area contributed by atoms with Gasteiger partial charge in [0.25, 0.3) is 0 Å². The predicted molar refractivity (Wildman–Crippen MR) is 91.5 cm³/mol. The van der Waals surface area contributed by atoms with Gasteiger partial charge in [-0.1, -0.05) is 30.3 Å². The lowest BCUT2D eigenvalue weighted by Crippen LogP contribution is -2.53. The Morgan fingerprint density at radius 1 is 1.25 bits per heavy atom. The van der Waals surface area contributed by atoms with E-state index in [0.717, 1.165) is 5.56 Å². The molecule has 1 unspecified atom stereocenters. The summed E-state index contributed by atoms with van der Waals surface area (Å²) >= 11 is 1.22. The molecule has 1 atom stereocenters. The molecule has 0 fully saturated rings. The van der Waals surface area contributed by atoms with Gasteiger partial charge in [-0.15, -0.1) is 11.8 Å². The second kappa shape index (κ2) is 9.17. The fourth-order valence-corrected chi connectivity index (χ4v) is 2.80. The Bertz CT molecular complexity index is 577. The van der Waals surface area contributed by atoms with Crippen LogP contribution in [0.4, 0.5) is 4.79 Å². The maximum absolute atomic E-state index is 11.9. The third-order valence-corrected chi connectivity index (χ3v) is 4.45. The molecular weight excluding hydrogens is 332 g/mol. The molecule has 0 radical (unpaired) electrons. The Morgan fingerprint density at radius 2 is 1.88 bits per heavy atom. The SMILES string of the molecule is CC(=O)NCSC(C)(C)C(NC(=O)OCc1ccccc1)C(=O)O. The molecule has 132 valence electrons. The second-order valence-electron chi connectivity index (χ2n) is 5.60. The molecule has 0 aromatic heterocycles. The van der Waals surface area contributed by atoms with Crippen molar-refractivity contribution in [3.8, 4) is 0 Å². The molecular formula is C16H22N2O5S. The number of rotatable bonds is 8. The van der Waals surface area contributed by atoms with Crippen LogP contribution in [0.25, 0.3) is 0 Å². The van der Waals surface area contributed by atoms with Crippen LogP contribution in [0.15, 0.2) is 30.3 Å². The zero-order valence-electron chi connectivity index (χ0n) is 13.9. The molecule has 1 aromatic rings. The molecule has 0 bridgehead atoms. The lowest BCUT2D eigenvalue weighted by molar-refractivity contribution is -0.140. The standard InChI is InChI=1S/C16H22N2O5S/c1-11(19)17-10-24-16(2,3)13(14(20)21)18-15(22)23-9-12-7-5-4-6-8-12/h4-8,13H,9-10H2,1-3H3,(H,17,19)(H,18,22)(H,20,21). The summed E-state index contributed by atoms with van der Waals surface area (Å²) in [6.45, 7) is 4.78. The molecule has 1 rings (SSSR count). The Kier molecular flexibility index (Phi) is 7.57. The van der Waals surface area contributed by atoms with E-state index in [9.17, 15) is 19.5 Å². The molecule has 3 N–H and O–H groups in total. The largest absolute Gasteiger partial charge is 0.480 e. The Morgan fingerprint density at radius 3 is 2.42 bits per heavy atom. The summed E-state index contributed by atoms with van der Waals surface area (Å²) in [6, 6.07) is 7.92. The summed E-state index contributed by atoms with van der Waals surface area (Å²) in [6.07, 6.45) is -0.806. The molecule has 2 amide bonds. The van der Waals surface area contributed by atoms with E-state index in [2.05, 4.69) is 10.6 Å². The normalized spacial score (nSPS) is 12.1. The molecule has 0 aliphatic carbocycles. The van der Waals surface area contributed by atoms with Gasteiger partial charge in [0.1, 0.15) is 12.6 Å². The van der Waals surface area contributed by atoms with E-state index in [0.29, 0.717) is 0 Å². The van der Waals surface area contributed by atoms with Crippen LogP contribution in [0.3, 0.4) is 0 Å². The Hall–Kier alpha value is -2.22. The van der Waals surface area contributed by atoms with Crippen molar-refractivity contribution < 1.29 is 24.2 Å². The summed E-state index contributed by atoms with van der Waals surface area (Å²) in [7, 11) is 0. The van der Waals surface area contributed by atoms with Crippen LogP contribution in [0, 0.1) is 0 Å². The first-order valence-corrected chi connectivity index (χ1v) is 8.29. The van der Waals surface area contributed by atoms with Crippen LogP contribution in [-0.4, -0.2) is 39.7 Å². The number of carboxylic acid groups (broad SMARTS) is 1. The number of carbonyl (C=O) groups is 3. The van der Waals surface area contributed by atoms with E-state index in [1.54, 1.807) is 26.0 Å². The zero-order valence-corrected chi connectivity index (χ0v) is 14.7. The van der Waals surface area contributed by atoms with E-state index in [1.165, 1.54) is 18.7 Å². The highest BCUT2D eigenvalue weighted by Crippen LogP contribution is 2.27. The summed E-state index contributed by atoms with van der Waals surface area (Å²) in [5.74, 6) is -1.14. The maximum atomic E-state index is 11.9. The van der Waals surface area contributed by atoms with Gasteiger partial charge in [-0.3, -0.25) is 4.79 Å². The molecule has 0 saturated heterocycles. The highest BCUT2D eigenvalue weighted by molar-refractivity contribution is 8.00. The van der Waals surface area contributed by atoms with Gasteiger partial charge in [0, 0.05) is 11.7 Å². The zero-order chi connectivity index (χ0) is 18.2. The summed E-state index contributed by atoms with van der Waals surface area (Å²) < 4.78 is 4.21. The Balaban J connectivity index is 2.59. The second-order valence-corrected chi connectivity index (χ2v) is 7.23. The van der Waals surface area contributed by atoms with Gasteiger partial charge in [0.2, 0.25) is 5.91 Å². The van der Waals surface area contributed by atoms with E-state index >= 15 is 0 Å². The number of thioether (sulfide) groups is 1. The number of carboxylic acids is 1. The minimum atomic E-state index is -1.17. The number of benzene rings is 1. The van der Waals surface area contributed by atoms with Crippen molar-refractivity contribution in [1.82, 2.24) is 10.6 Å². The molecule has 8 heteroatoms. The molecule has 7 nitrogen and oxygen atoms in total. The van der Waals surface area contributed by atoms with Crippen LogP contribution in [0.2, 0.25) is 0 Å². The number of hydrogen-bond acceptors (Lipinski definition) is 5. The average Bonchev–Trinajstić information content (AvgIpc) is 2.50. The minimum absolute atomic E-state index is 0.0540. The smallest absolute Gasteiger partial charge is 0.408 e. The first-order valence-electron chi connectivity index (χ1n) is 7.31. The highest BCUT2D eigenvalue weighted by Gasteiger charge is 2.37. The fraction of sp³-hybridized carbons (Fsp3) is 0.438. The van der Waals surface area contributed by atoms with Crippen molar-refractivity contribution in [3.63, 3.8) is 0 Å². The van der Waals surface area contributed by atoms with Crippen LogP contribution < -0.4 is 10.6 Å². The van der Waals surface area contributed by atoms with E-state index in [4.69, 9.17) is 4.74 Å². The number of alkyl carbamates (subject to hydrolysis) is 1. The number of ether oxygens (including phenoxy) is 1. The highest BCUT2D eigenvalue weighted by atomic mass is 32.2. The number of hydrogen-bond donors (Lipinski definition) is 3. The molecule has 0 spiro atoms. The van der Waals surface area contributed by atoms with Crippen molar-refractivity contribution >= 4 is 29.7 Å². The monoisotopic (exact) mass is 354 g/mol. The van der Waals surface area contributed by atoms with E-state index in [-0.39, 0.29) is 18.4 Å². The predicted octanol–water partition coefficient (Wildman–Crippen LogP) is 1.97. The molecule has 1 aromatic carbocycles. The molecule has 24 heavy (non-hydrogen) atoms. The molecule has 0 saturated carbocycles. The number of nitrogens with one attached hydrogen (secondary N) is 2. The van der Waals surface area contributed by atoms with Gasteiger partial charge < -0.3 is 20.5 Å². The van der Waals surface area contributed by atoms with Crippen molar-refractivity contribution in [2.75, 3.05) is 5.88 Å². The van der Waals surface area contributed by atoms with Gasteiger partial charge >= 0.3 is 12.1 Å². The van der Waals surface area contributed by atoms with Crippen LogP contribution >= 0.6 is 11.8 Å². The third-order valence-electron chi connectivity index (χ3n) is 3.18. The first-order chi connectivity index (χ1) is 11.2. The summed E-state index contributed by atoms with van der Waals surface area (Å²) in [5, 5.41) is 14.3. The maximum Gasteiger partial charge on any atom is 0.408 e. The van der Waals surface area contributed by atoms with Gasteiger partial charge in [0.15, 0.2) is 0 Å². The fourth-order valence-electron chi connectivity index (χ4n) is 1.82. The van der Waals surface area contributed by atoms with Gasteiger partial charge in [-0.2, -0.15) is 0 Å². The van der Waals surface area contributed by atoms with Crippen LogP contribution in [0.1, 0.15) is 26.3 Å². The van der Waals surface area contributed by atoms with Crippen LogP contribution in [0.5, 0.6) is 0 Å². The lowest BCUT2D eigenvalue weighted by atomic mass is 10.0. The third kappa shape index (κ3) is 6.91. The van der Waals surface area contributed by atoms with Gasteiger partial charge in [-0.05, 0) is 19.4 Å². The quantitative estimate of drug-likeness (QED) is 0.617. The van der Waals surface area contributed by atoms with Crippen molar-refractivity contribution in [3.05, 3.63) is 35.9 Å². The first kappa shape index (κ1) is 19.8. The van der Waals surface area contributed by atoms with Crippen molar-refractivity contribution in [2.24, 2.45) is 0 Å². The average molecular weight is 354 g/mol. The Labute approximate surface area is 145 Å². The summed E-state index contributed by atoms with van der Waals surface area (Å²) in [4.78, 5) is 34.3. The van der Waals surface area contributed by atoms with E-state index in [1.807, 2.05) is 18.2 Å². The number of aliphatic carboxylic acids is 1. The molecule has 0 aliphatic heterocycles. The lowest BCUT2D eigenvalue weighted by Gasteiger charge is -2.31. The number of carbonyl (C=O) groups excluding carboxylic acids is 2. The van der Waals surface area contributed by atoms with Gasteiger partial charge in [0.05, 0.1) is 5.88 Å². The topological polar surface area (TPSA) is 105 Å². The summed E-state index contributed by atoms with van der Waals surface area (Å²) in [5.41, 5.74) is 0.804. The molecule has 0 heterocycles. The van der Waals surface area contributed by atoms with Crippen molar-refractivity contribution in [1.29, 1.82) is 0 Å². The van der Waals surface area contributed by atoms with Crippen LogP contribution in [-0.2, 0) is 20.9 Å². The minimum Gasteiger partial charge on any atom is -0.480 e. The van der Waals surface area contributed by atoms with Gasteiger partial charge in [-0.25, -0.2) is 9.59 Å². The van der Waals surface area contributed by atoms with Crippen molar-refractivity contribution in [2.45, 2.75) is 38.2 Å². The molecule has 0 aliphatic rings. The number of amides is 2. The van der Waals surface area contributed by atoms with E-state index < -0.39 is 22.9 Å².